The number of nitrogens with zero attached hydrogens (tertiary/aromatic N) is 3. The van der Waals surface area contributed by atoms with E-state index < -0.39 is 0 Å². The summed E-state index contributed by atoms with van der Waals surface area (Å²) in [7, 11) is 0. The number of benzene rings is 1. The molecule has 0 amide bonds. The van der Waals surface area contributed by atoms with Gasteiger partial charge in [0.15, 0.2) is 0 Å². The van der Waals surface area contributed by atoms with E-state index in [4.69, 9.17) is 5.26 Å². The second-order valence-electron chi connectivity index (χ2n) is 4.47. The van der Waals surface area contributed by atoms with Crippen molar-refractivity contribution in [1.29, 1.82) is 5.26 Å². The van der Waals surface area contributed by atoms with Gasteiger partial charge in [-0.05, 0) is 36.6 Å². The van der Waals surface area contributed by atoms with Crippen molar-refractivity contribution in [2.24, 2.45) is 0 Å². The van der Waals surface area contributed by atoms with Gasteiger partial charge in [-0.1, -0.05) is 31.4 Å². The van der Waals surface area contributed by atoms with Crippen LogP contribution in [0.2, 0.25) is 0 Å². The van der Waals surface area contributed by atoms with Gasteiger partial charge in [0.05, 0.1) is 11.6 Å². The van der Waals surface area contributed by atoms with E-state index in [1.807, 2.05) is 18.2 Å². The van der Waals surface area contributed by atoms with Crippen molar-refractivity contribution in [3.63, 3.8) is 0 Å². The molecular weight excluding hydrogens is 258 g/mol. The number of nitriles is 1. The van der Waals surface area contributed by atoms with Crippen LogP contribution < -0.4 is 0 Å². The smallest absolute Gasteiger partial charge is 0.205 e. The molecule has 1 aromatic carbocycles. The summed E-state index contributed by atoms with van der Waals surface area (Å²) in [5.74, 6) is 6.39. The molecule has 0 aliphatic rings. The SMILES string of the molecule is CCC/C=C/c1cnc(C#Cc2ccc(C#N)cc2)nc1. The number of unbranched alkanes of at least 4 members (excludes halogenated alkanes) is 1. The van der Waals surface area contributed by atoms with E-state index in [0.29, 0.717) is 11.4 Å². The summed E-state index contributed by atoms with van der Waals surface area (Å²) in [6.45, 7) is 2.14. The van der Waals surface area contributed by atoms with E-state index in [1.165, 1.54) is 0 Å². The lowest BCUT2D eigenvalue weighted by atomic mass is 10.1. The third-order valence-corrected chi connectivity index (χ3v) is 2.77. The minimum absolute atomic E-state index is 0.493. The Balaban J connectivity index is 2.06. The molecule has 0 radical (unpaired) electrons. The van der Waals surface area contributed by atoms with Crippen molar-refractivity contribution in [2.75, 3.05) is 0 Å². The van der Waals surface area contributed by atoms with Crippen LogP contribution in [0.25, 0.3) is 6.08 Å². The fourth-order valence-corrected chi connectivity index (χ4v) is 1.63. The number of hydrogen-bond donors (Lipinski definition) is 0. The van der Waals surface area contributed by atoms with E-state index in [0.717, 1.165) is 24.0 Å². The zero-order chi connectivity index (χ0) is 14.9. The Morgan fingerprint density at radius 3 is 2.33 bits per heavy atom. The molecule has 1 heterocycles. The zero-order valence-electron chi connectivity index (χ0n) is 11.9. The first-order valence-electron chi connectivity index (χ1n) is 6.82. The maximum Gasteiger partial charge on any atom is 0.205 e. The van der Waals surface area contributed by atoms with Crippen molar-refractivity contribution < 1.29 is 0 Å². The van der Waals surface area contributed by atoms with Crippen LogP contribution in [0, 0.1) is 23.2 Å². The molecule has 0 aliphatic carbocycles. The molecule has 1 aromatic heterocycles. The van der Waals surface area contributed by atoms with Crippen molar-refractivity contribution >= 4 is 6.08 Å². The van der Waals surface area contributed by atoms with Gasteiger partial charge in [0.2, 0.25) is 5.82 Å². The fourth-order valence-electron chi connectivity index (χ4n) is 1.63. The summed E-state index contributed by atoms with van der Waals surface area (Å²) >= 11 is 0. The van der Waals surface area contributed by atoms with Crippen molar-refractivity contribution in [1.82, 2.24) is 9.97 Å². The molecule has 0 unspecified atom stereocenters. The fraction of sp³-hybridized carbons (Fsp3) is 0.167. The average molecular weight is 273 g/mol. The molecule has 0 N–H and O–H groups in total. The van der Waals surface area contributed by atoms with Crippen molar-refractivity contribution in [3.8, 4) is 17.9 Å². The van der Waals surface area contributed by atoms with Crippen molar-refractivity contribution in [2.45, 2.75) is 19.8 Å². The highest BCUT2D eigenvalue weighted by molar-refractivity contribution is 5.47. The number of rotatable bonds is 3. The second-order valence-corrected chi connectivity index (χ2v) is 4.47. The van der Waals surface area contributed by atoms with Crippen LogP contribution in [-0.2, 0) is 0 Å². The molecule has 0 spiro atoms. The first kappa shape index (κ1) is 14.5. The van der Waals surface area contributed by atoms with E-state index in [1.54, 1.807) is 24.5 Å². The normalized spacial score (nSPS) is 9.90. The highest BCUT2D eigenvalue weighted by Gasteiger charge is 1.92. The minimum atomic E-state index is 0.493. The number of hydrogen-bond acceptors (Lipinski definition) is 3. The molecule has 2 rings (SSSR count). The molecule has 3 heteroatoms. The van der Waals surface area contributed by atoms with Crippen LogP contribution in [0.4, 0.5) is 0 Å². The predicted octanol–water partition coefficient (Wildman–Crippen LogP) is 3.56. The molecule has 3 nitrogen and oxygen atoms in total. The Bertz CT molecular complexity index is 708. The van der Waals surface area contributed by atoms with Gasteiger partial charge in [-0.25, -0.2) is 9.97 Å². The Kier molecular flexibility index (Phi) is 5.26. The summed E-state index contributed by atoms with van der Waals surface area (Å²) in [5, 5.41) is 8.73. The van der Waals surface area contributed by atoms with Crippen LogP contribution in [0.1, 0.15) is 42.3 Å². The lowest BCUT2D eigenvalue weighted by Crippen LogP contribution is -1.88. The molecule has 102 valence electrons. The summed E-state index contributed by atoms with van der Waals surface area (Å²) in [5.41, 5.74) is 2.44. The van der Waals surface area contributed by atoms with Gasteiger partial charge in [0.1, 0.15) is 0 Å². The monoisotopic (exact) mass is 273 g/mol. The molecule has 0 saturated carbocycles. The second kappa shape index (κ2) is 7.62. The predicted molar refractivity (Wildman–Crippen MR) is 83.1 cm³/mol. The van der Waals surface area contributed by atoms with Crippen molar-refractivity contribution in [3.05, 3.63) is 65.2 Å². The van der Waals surface area contributed by atoms with E-state index in [9.17, 15) is 0 Å². The molecule has 2 aromatic rings. The summed E-state index contributed by atoms with van der Waals surface area (Å²) in [6, 6.07) is 9.19. The largest absolute Gasteiger partial charge is 0.229 e. The van der Waals surface area contributed by atoms with Crippen LogP contribution >= 0.6 is 0 Å². The Hall–Kier alpha value is -2.91. The van der Waals surface area contributed by atoms with E-state index in [2.05, 4.69) is 40.9 Å². The van der Waals surface area contributed by atoms with Crippen LogP contribution in [0.15, 0.2) is 42.7 Å². The summed E-state index contributed by atoms with van der Waals surface area (Å²) in [6.07, 6.45) is 9.85. The number of allylic oxidation sites excluding steroid dienone is 1. The van der Waals surface area contributed by atoms with Crippen LogP contribution in [0.5, 0.6) is 0 Å². The molecule has 0 bridgehead atoms. The average Bonchev–Trinajstić information content (AvgIpc) is 2.55. The molecular formula is C18H15N3. The van der Waals surface area contributed by atoms with E-state index >= 15 is 0 Å². The van der Waals surface area contributed by atoms with Gasteiger partial charge in [-0.3, -0.25) is 0 Å². The Labute approximate surface area is 125 Å². The third-order valence-electron chi connectivity index (χ3n) is 2.77. The molecule has 0 aliphatic heterocycles. The van der Waals surface area contributed by atoms with Gasteiger partial charge in [-0.2, -0.15) is 5.26 Å². The molecule has 0 saturated heterocycles. The maximum absolute atomic E-state index is 8.73. The number of aromatic nitrogens is 2. The van der Waals surface area contributed by atoms with Gasteiger partial charge in [-0.15, -0.1) is 0 Å². The lowest BCUT2D eigenvalue weighted by Gasteiger charge is -1.93. The first-order valence-corrected chi connectivity index (χ1v) is 6.82. The third kappa shape index (κ3) is 4.60. The molecule has 0 atom stereocenters. The first-order chi connectivity index (χ1) is 10.3. The topological polar surface area (TPSA) is 49.6 Å². The Morgan fingerprint density at radius 1 is 1.05 bits per heavy atom. The Morgan fingerprint density at radius 2 is 1.71 bits per heavy atom. The van der Waals surface area contributed by atoms with E-state index in [-0.39, 0.29) is 0 Å². The molecule has 21 heavy (non-hydrogen) atoms. The minimum Gasteiger partial charge on any atom is -0.229 e. The zero-order valence-corrected chi connectivity index (χ0v) is 11.9. The van der Waals surface area contributed by atoms with Gasteiger partial charge < -0.3 is 0 Å². The maximum atomic E-state index is 8.73. The lowest BCUT2D eigenvalue weighted by molar-refractivity contribution is 0.962. The van der Waals surface area contributed by atoms with Gasteiger partial charge >= 0.3 is 0 Å². The summed E-state index contributed by atoms with van der Waals surface area (Å²) in [4.78, 5) is 8.44. The summed E-state index contributed by atoms with van der Waals surface area (Å²) < 4.78 is 0. The quantitative estimate of drug-likeness (QED) is 0.803. The van der Waals surface area contributed by atoms with Gasteiger partial charge in [0.25, 0.3) is 0 Å². The van der Waals surface area contributed by atoms with Crippen LogP contribution in [0.3, 0.4) is 0 Å². The van der Waals surface area contributed by atoms with Gasteiger partial charge in [0, 0.05) is 23.5 Å². The highest BCUT2D eigenvalue weighted by atomic mass is 14.8. The standard InChI is InChI=1S/C18H15N3/c1-2-3-4-5-17-13-20-18(21-14-17)11-10-15-6-8-16(12-19)9-7-15/h4-9,13-14H,2-3H2,1H3/b5-4+. The highest BCUT2D eigenvalue weighted by Crippen LogP contribution is 2.03. The molecule has 0 fully saturated rings. The van der Waals surface area contributed by atoms with Crippen LogP contribution in [-0.4, -0.2) is 9.97 Å².